The fourth-order valence-electron chi connectivity index (χ4n) is 2.13. The average Bonchev–Trinajstić information content (AvgIpc) is 2.70. The quantitative estimate of drug-likeness (QED) is 0.387. The summed E-state index contributed by atoms with van der Waals surface area (Å²) in [5, 5.41) is 6.01. The molecular formula is C18H22ClN3O4S2. The summed E-state index contributed by atoms with van der Waals surface area (Å²) < 4.78 is 31.7. The van der Waals surface area contributed by atoms with E-state index in [4.69, 9.17) is 16.3 Å². The molecule has 0 aliphatic carbocycles. The number of nitrogens with one attached hydrogen (secondary N) is 3. The number of urea groups is 1. The van der Waals surface area contributed by atoms with Crippen LogP contribution in [-0.4, -0.2) is 46.9 Å². The maximum absolute atomic E-state index is 12.2. The Balaban J connectivity index is 1.61. The molecule has 0 saturated carbocycles. The Morgan fingerprint density at radius 2 is 1.64 bits per heavy atom. The van der Waals surface area contributed by atoms with E-state index in [0.717, 1.165) is 4.90 Å². The van der Waals surface area contributed by atoms with Gasteiger partial charge in [-0.2, -0.15) is 0 Å². The summed E-state index contributed by atoms with van der Waals surface area (Å²) >= 11 is 7.43. The summed E-state index contributed by atoms with van der Waals surface area (Å²) in [5.41, 5.74) is 0. The lowest BCUT2D eigenvalue weighted by molar-refractivity contribution is 0.241. The second kappa shape index (κ2) is 11.2. The number of hydrogen-bond acceptors (Lipinski definition) is 5. The Hall–Kier alpha value is -1.94. The zero-order valence-electron chi connectivity index (χ0n) is 15.3. The molecule has 152 valence electrons. The van der Waals surface area contributed by atoms with Gasteiger partial charge in [-0.3, -0.25) is 0 Å². The fourth-order valence-corrected chi connectivity index (χ4v) is 4.05. The fraction of sp³-hybridized carbons (Fsp3) is 0.278. The maximum Gasteiger partial charge on any atom is 0.314 e. The van der Waals surface area contributed by atoms with E-state index in [1.165, 1.54) is 19.2 Å². The number of thioether (sulfide) groups is 1. The molecule has 0 aliphatic heterocycles. The summed E-state index contributed by atoms with van der Waals surface area (Å²) in [6, 6.07) is 13.2. The highest BCUT2D eigenvalue weighted by Gasteiger charge is 2.13. The second-order valence-electron chi connectivity index (χ2n) is 5.56. The minimum absolute atomic E-state index is 0.0846. The molecule has 0 bridgehead atoms. The Labute approximate surface area is 174 Å². The maximum atomic E-state index is 12.2. The topological polar surface area (TPSA) is 96.5 Å². The van der Waals surface area contributed by atoms with Crippen molar-refractivity contribution in [3.05, 3.63) is 53.6 Å². The summed E-state index contributed by atoms with van der Waals surface area (Å²) in [6.45, 7) is 0.740. The third kappa shape index (κ3) is 7.59. The van der Waals surface area contributed by atoms with E-state index in [2.05, 4.69) is 15.4 Å². The van der Waals surface area contributed by atoms with Crippen LogP contribution >= 0.6 is 23.4 Å². The molecule has 2 aromatic rings. The van der Waals surface area contributed by atoms with Gasteiger partial charge in [0.15, 0.2) is 0 Å². The molecule has 0 spiro atoms. The van der Waals surface area contributed by atoms with E-state index in [1.54, 1.807) is 23.9 Å². The lowest BCUT2D eigenvalue weighted by Crippen LogP contribution is -2.40. The largest absolute Gasteiger partial charge is 0.497 e. The monoisotopic (exact) mass is 443 g/mol. The molecule has 7 nitrogen and oxygen atoms in total. The molecule has 0 atom stereocenters. The number of ether oxygens (including phenoxy) is 1. The SMILES string of the molecule is COc1ccc(S(=O)(=O)NCCNC(=O)NCCSc2ccc(Cl)cc2)cc1. The Bertz CT molecular complexity index is 859. The zero-order chi connectivity index (χ0) is 20.4. The van der Waals surface area contributed by atoms with Crippen LogP contribution < -0.4 is 20.1 Å². The van der Waals surface area contributed by atoms with Gasteiger partial charge in [-0.05, 0) is 48.5 Å². The molecule has 3 N–H and O–H groups in total. The van der Waals surface area contributed by atoms with Crippen molar-refractivity contribution in [3.63, 3.8) is 0 Å². The van der Waals surface area contributed by atoms with Crippen molar-refractivity contribution in [1.82, 2.24) is 15.4 Å². The number of halogens is 1. The van der Waals surface area contributed by atoms with Crippen LogP contribution in [0.15, 0.2) is 58.3 Å². The molecule has 0 heterocycles. The smallest absolute Gasteiger partial charge is 0.314 e. The van der Waals surface area contributed by atoms with Crippen molar-refractivity contribution in [2.75, 3.05) is 32.5 Å². The molecular weight excluding hydrogens is 422 g/mol. The highest BCUT2D eigenvalue weighted by molar-refractivity contribution is 7.99. The molecule has 2 rings (SSSR count). The molecule has 0 aliphatic rings. The van der Waals surface area contributed by atoms with E-state index < -0.39 is 10.0 Å². The van der Waals surface area contributed by atoms with E-state index in [1.807, 2.05) is 24.3 Å². The summed E-state index contributed by atoms with van der Waals surface area (Å²) in [6.07, 6.45) is 0. The normalized spacial score (nSPS) is 11.1. The van der Waals surface area contributed by atoms with Crippen molar-refractivity contribution in [1.29, 1.82) is 0 Å². The van der Waals surface area contributed by atoms with Gasteiger partial charge in [0, 0.05) is 35.3 Å². The summed E-state index contributed by atoms with van der Waals surface area (Å²) in [4.78, 5) is 12.9. The first-order chi connectivity index (χ1) is 13.4. The van der Waals surface area contributed by atoms with Gasteiger partial charge >= 0.3 is 6.03 Å². The average molecular weight is 444 g/mol. The molecule has 10 heteroatoms. The van der Waals surface area contributed by atoms with E-state index in [-0.39, 0.29) is 24.0 Å². The third-order valence-electron chi connectivity index (χ3n) is 3.54. The van der Waals surface area contributed by atoms with Crippen molar-refractivity contribution < 1.29 is 17.9 Å². The van der Waals surface area contributed by atoms with E-state index in [0.29, 0.717) is 23.1 Å². The minimum atomic E-state index is -3.63. The first-order valence-corrected chi connectivity index (χ1v) is 11.3. The second-order valence-corrected chi connectivity index (χ2v) is 8.93. The number of rotatable bonds is 10. The Morgan fingerprint density at radius 3 is 2.29 bits per heavy atom. The lowest BCUT2D eigenvalue weighted by Gasteiger charge is -2.09. The van der Waals surface area contributed by atoms with Gasteiger partial charge in [0.2, 0.25) is 10.0 Å². The van der Waals surface area contributed by atoms with Gasteiger partial charge in [0.05, 0.1) is 12.0 Å². The zero-order valence-corrected chi connectivity index (χ0v) is 17.7. The number of benzene rings is 2. The van der Waals surface area contributed by atoms with E-state index in [9.17, 15) is 13.2 Å². The number of sulfonamides is 1. The molecule has 2 aromatic carbocycles. The predicted molar refractivity (Wildman–Crippen MR) is 112 cm³/mol. The number of methoxy groups -OCH3 is 1. The van der Waals surface area contributed by atoms with Gasteiger partial charge in [-0.1, -0.05) is 11.6 Å². The number of carbonyl (C=O) groups excluding carboxylic acids is 1. The molecule has 0 radical (unpaired) electrons. The van der Waals surface area contributed by atoms with Gasteiger partial charge in [0.1, 0.15) is 5.75 Å². The van der Waals surface area contributed by atoms with Crippen LogP contribution in [-0.2, 0) is 10.0 Å². The van der Waals surface area contributed by atoms with Gasteiger partial charge in [-0.25, -0.2) is 17.9 Å². The van der Waals surface area contributed by atoms with Crippen LogP contribution in [0.3, 0.4) is 0 Å². The Morgan fingerprint density at radius 1 is 1.00 bits per heavy atom. The number of hydrogen-bond donors (Lipinski definition) is 3. The van der Waals surface area contributed by atoms with Crippen LogP contribution in [0.5, 0.6) is 5.75 Å². The first-order valence-electron chi connectivity index (χ1n) is 8.44. The van der Waals surface area contributed by atoms with E-state index >= 15 is 0 Å². The minimum Gasteiger partial charge on any atom is -0.497 e. The molecule has 0 unspecified atom stereocenters. The summed E-state index contributed by atoms with van der Waals surface area (Å²) in [5.74, 6) is 1.28. The number of amides is 2. The summed E-state index contributed by atoms with van der Waals surface area (Å²) in [7, 11) is -2.12. The van der Waals surface area contributed by atoms with Crippen LogP contribution in [0.2, 0.25) is 5.02 Å². The van der Waals surface area contributed by atoms with Gasteiger partial charge < -0.3 is 15.4 Å². The highest BCUT2D eigenvalue weighted by Crippen LogP contribution is 2.19. The van der Waals surface area contributed by atoms with Crippen LogP contribution in [0.25, 0.3) is 0 Å². The predicted octanol–water partition coefficient (Wildman–Crippen LogP) is 2.72. The van der Waals surface area contributed by atoms with Crippen molar-refractivity contribution in [2.45, 2.75) is 9.79 Å². The molecule has 0 saturated heterocycles. The van der Waals surface area contributed by atoms with Gasteiger partial charge in [0.25, 0.3) is 0 Å². The van der Waals surface area contributed by atoms with Crippen LogP contribution in [0.4, 0.5) is 4.79 Å². The van der Waals surface area contributed by atoms with Crippen LogP contribution in [0.1, 0.15) is 0 Å². The standard InChI is InChI=1S/C18H22ClN3O4S2/c1-26-15-4-8-17(9-5-15)28(24,25)22-11-10-20-18(23)21-12-13-27-16-6-2-14(19)3-7-16/h2-9,22H,10-13H2,1H3,(H2,20,21,23). The third-order valence-corrected chi connectivity index (χ3v) is 6.29. The number of carbonyl (C=O) groups is 1. The van der Waals surface area contributed by atoms with Crippen LogP contribution in [0, 0.1) is 0 Å². The molecule has 0 fully saturated rings. The molecule has 0 aromatic heterocycles. The molecule has 2 amide bonds. The first kappa shape index (κ1) is 22.4. The molecule has 28 heavy (non-hydrogen) atoms. The highest BCUT2D eigenvalue weighted by atomic mass is 35.5. The van der Waals surface area contributed by atoms with Gasteiger partial charge in [-0.15, -0.1) is 11.8 Å². The van der Waals surface area contributed by atoms with Crippen molar-refractivity contribution >= 4 is 39.4 Å². The van der Waals surface area contributed by atoms with Crippen molar-refractivity contribution in [3.8, 4) is 5.75 Å². The van der Waals surface area contributed by atoms with Crippen molar-refractivity contribution in [2.24, 2.45) is 0 Å². The Kier molecular flexibility index (Phi) is 8.91. The lowest BCUT2D eigenvalue weighted by atomic mass is 10.3.